The van der Waals surface area contributed by atoms with Crippen molar-refractivity contribution in [3.8, 4) is 11.3 Å². The maximum absolute atomic E-state index is 13.2. The zero-order valence-electron chi connectivity index (χ0n) is 33.1. The summed E-state index contributed by atoms with van der Waals surface area (Å²) in [4.78, 5) is 67.1. The van der Waals surface area contributed by atoms with E-state index in [2.05, 4.69) is 66.0 Å². The molecule has 2 saturated heterocycles. The molecule has 6 aromatic rings. The van der Waals surface area contributed by atoms with Crippen molar-refractivity contribution in [1.82, 2.24) is 44.2 Å². The summed E-state index contributed by atoms with van der Waals surface area (Å²) in [7, 11) is 3.59. The standard InChI is InChI=1S/C43H46N12O4/c1-44-32-24-38(49-55-37(25-46-40(32)55)42(58)47-27-7-8-27)53-17-14-30-29(4-3-5-33(30)53)31-23-28(12-15-45-31)52-20-18-51(19-21-52)16-13-26-6-9-34-36(22-26)50(2)43(59)54(34)35-10-11-39(56)48-41(35)57/h3-6,9,12,15,22-25,27,35,44H,7-8,10-11,13-14,16-21H2,1-2H3,(H,47,58)(H,48,56,57). The molecule has 3 amide bonds. The summed E-state index contributed by atoms with van der Waals surface area (Å²) in [6, 6.07) is 18.2. The van der Waals surface area contributed by atoms with E-state index in [1.54, 1.807) is 22.3 Å². The lowest BCUT2D eigenvalue weighted by Crippen LogP contribution is -2.47. The minimum Gasteiger partial charge on any atom is -0.385 e. The predicted molar refractivity (Wildman–Crippen MR) is 224 cm³/mol. The molecule has 16 heteroatoms. The number of hydrogen-bond donors (Lipinski definition) is 3. The average molecular weight is 795 g/mol. The van der Waals surface area contributed by atoms with Gasteiger partial charge in [0.05, 0.1) is 28.6 Å². The Kier molecular flexibility index (Phi) is 9.15. The van der Waals surface area contributed by atoms with Crippen LogP contribution in [0.5, 0.6) is 0 Å². The molecule has 0 radical (unpaired) electrons. The van der Waals surface area contributed by atoms with Crippen molar-refractivity contribution in [2.45, 2.75) is 50.6 Å². The molecule has 7 heterocycles. The van der Waals surface area contributed by atoms with Crippen LogP contribution in [0.3, 0.4) is 0 Å². The number of aryl methyl sites for hydroxylation is 1. The average Bonchev–Trinajstić information content (AvgIpc) is 3.69. The zero-order chi connectivity index (χ0) is 40.4. The lowest BCUT2D eigenvalue weighted by molar-refractivity contribution is -0.135. The van der Waals surface area contributed by atoms with Gasteiger partial charge in [-0.15, -0.1) is 5.10 Å². The lowest BCUT2D eigenvalue weighted by Gasteiger charge is -2.36. The van der Waals surface area contributed by atoms with Crippen LogP contribution >= 0.6 is 0 Å². The second kappa shape index (κ2) is 14.7. The van der Waals surface area contributed by atoms with Gasteiger partial charge in [0.1, 0.15) is 6.04 Å². The Labute approximate surface area is 339 Å². The van der Waals surface area contributed by atoms with Gasteiger partial charge >= 0.3 is 5.69 Å². The molecule has 1 unspecified atom stereocenters. The number of nitrogens with one attached hydrogen (secondary N) is 3. The number of hydrogen-bond acceptors (Lipinski definition) is 11. The minimum atomic E-state index is -0.691. The highest BCUT2D eigenvalue weighted by Crippen LogP contribution is 2.40. The molecular weight excluding hydrogens is 749 g/mol. The van der Waals surface area contributed by atoms with Gasteiger partial charge in [-0.05, 0) is 73.6 Å². The quantitative estimate of drug-likeness (QED) is 0.174. The van der Waals surface area contributed by atoms with Crippen molar-refractivity contribution in [1.29, 1.82) is 0 Å². The molecular formula is C43H46N12O4. The number of carbonyl (C=O) groups is 3. The fourth-order valence-corrected chi connectivity index (χ4v) is 8.90. The van der Waals surface area contributed by atoms with Crippen LogP contribution in [0.2, 0.25) is 0 Å². The largest absolute Gasteiger partial charge is 0.385 e. The maximum atomic E-state index is 13.2. The van der Waals surface area contributed by atoms with Gasteiger partial charge in [-0.2, -0.15) is 0 Å². The summed E-state index contributed by atoms with van der Waals surface area (Å²) in [5, 5.41) is 13.6. The van der Waals surface area contributed by atoms with Crippen LogP contribution in [0.1, 0.15) is 53.3 Å². The van der Waals surface area contributed by atoms with Crippen molar-refractivity contribution < 1.29 is 14.4 Å². The van der Waals surface area contributed by atoms with Crippen LogP contribution in [0.15, 0.2) is 71.8 Å². The summed E-state index contributed by atoms with van der Waals surface area (Å²) in [5.41, 5.74) is 9.69. The van der Waals surface area contributed by atoms with E-state index >= 15 is 0 Å². The number of carbonyl (C=O) groups excluding carboxylic acids is 3. The van der Waals surface area contributed by atoms with Crippen molar-refractivity contribution in [2.75, 3.05) is 61.4 Å². The molecule has 16 nitrogen and oxygen atoms in total. The molecule has 4 aromatic heterocycles. The first-order chi connectivity index (χ1) is 28.7. The molecule has 3 aliphatic heterocycles. The van der Waals surface area contributed by atoms with Crippen molar-refractivity contribution in [2.24, 2.45) is 7.05 Å². The molecule has 302 valence electrons. The van der Waals surface area contributed by atoms with Crippen LogP contribution in [0, 0.1) is 0 Å². The highest BCUT2D eigenvalue weighted by Gasteiger charge is 2.32. The third-order valence-electron chi connectivity index (χ3n) is 12.3. The Balaban J connectivity index is 0.814. The summed E-state index contributed by atoms with van der Waals surface area (Å²) in [6.07, 6.45) is 7.71. The van der Waals surface area contributed by atoms with Gasteiger partial charge in [0, 0.05) is 95.0 Å². The van der Waals surface area contributed by atoms with Crippen molar-refractivity contribution in [3.05, 3.63) is 94.3 Å². The Morgan fingerprint density at radius 1 is 0.915 bits per heavy atom. The Morgan fingerprint density at radius 3 is 2.56 bits per heavy atom. The number of benzene rings is 2. The number of amides is 3. The molecule has 59 heavy (non-hydrogen) atoms. The normalized spacial score (nSPS) is 18.4. The second-order valence-electron chi connectivity index (χ2n) is 16.0. The van der Waals surface area contributed by atoms with E-state index in [0.29, 0.717) is 23.3 Å². The van der Waals surface area contributed by atoms with Crippen LogP contribution in [0.25, 0.3) is 27.9 Å². The summed E-state index contributed by atoms with van der Waals surface area (Å²) >= 11 is 0. The third-order valence-corrected chi connectivity index (χ3v) is 12.3. The van der Waals surface area contributed by atoms with E-state index in [4.69, 9.17) is 10.1 Å². The fraction of sp³-hybridized carbons (Fsp3) is 0.372. The van der Waals surface area contributed by atoms with Crippen molar-refractivity contribution in [3.63, 3.8) is 0 Å². The van der Waals surface area contributed by atoms with Gasteiger partial charge in [0.25, 0.3) is 5.91 Å². The fourth-order valence-electron chi connectivity index (χ4n) is 8.90. The first-order valence-electron chi connectivity index (χ1n) is 20.5. The molecule has 3 N–H and O–H groups in total. The summed E-state index contributed by atoms with van der Waals surface area (Å²) in [6.45, 7) is 5.27. The highest BCUT2D eigenvalue weighted by molar-refractivity contribution is 6.00. The number of pyridine rings is 1. The second-order valence-corrected chi connectivity index (χ2v) is 16.0. The van der Waals surface area contributed by atoms with Crippen molar-refractivity contribution >= 4 is 57.3 Å². The predicted octanol–water partition coefficient (Wildman–Crippen LogP) is 3.42. The van der Waals surface area contributed by atoms with Gasteiger partial charge in [-0.25, -0.2) is 14.3 Å². The van der Waals surface area contributed by atoms with Crippen LogP contribution in [-0.2, 0) is 29.5 Å². The Morgan fingerprint density at radius 2 is 1.76 bits per heavy atom. The molecule has 0 bridgehead atoms. The summed E-state index contributed by atoms with van der Waals surface area (Å²) < 4.78 is 4.77. The van der Waals surface area contributed by atoms with Gasteiger partial charge < -0.3 is 20.4 Å². The van der Waals surface area contributed by atoms with E-state index in [9.17, 15) is 19.2 Å². The Hall–Kier alpha value is -6.55. The van der Waals surface area contributed by atoms with Crippen LogP contribution < -0.4 is 31.4 Å². The van der Waals surface area contributed by atoms with Gasteiger partial charge in [-0.3, -0.25) is 38.7 Å². The van der Waals surface area contributed by atoms with E-state index in [-0.39, 0.29) is 30.0 Å². The number of aromatic nitrogens is 6. The number of anilines is 4. The maximum Gasteiger partial charge on any atom is 0.329 e. The smallest absolute Gasteiger partial charge is 0.329 e. The van der Waals surface area contributed by atoms with E-state index in [1.165, 1.54) is 10.1 Å². The van der Waals surface area contributed by atoms with E-state index < -0.39 is 11.9 Å². The van der Waals surface area contributed by atoms with E-state index in [0.717, 1.165) is 110 Å². The first-order valence-corrected chi connectivity index (χ1v) is 20.5. The number of imide groups is 1. The lowest BCUT2D eigenvalue weighted by atomic mass is 10.0. The number of nitrogens with zero attached hydrogens (tertiary/aromatic N) is 9. The summed E-state index contributed by atoms with van der Waals surface area (Å²) in [5.74, 6) is -0.142. The number of rotatable bonds is 10. The van der Waals surface area contributed by atoms with Gasteiger partial charge in [-0.1, -0.05) is 18.2 Å². The molecule has 0 spiro atoms. The van der Waals surface area contributed by atoms with Crippen LogP contribution in [-0.4, -0.2) is 104 Å². The van der Waals surface area contributed by atoms with E-state index in [1.807, 2.05) is 37.5 Å². The number of imidazole rings is 2. The molecule has 1 aliphatic carbocycles. The number of piperazine rings is 1. The number of piperidine rings is 1. The molecule has 10 rings (SSSR count). The molecule has 1 saturated carbocycles. The Bertz CT molecular complexity index is 2720. The minimum absolute atomic E-state index is 0.159. The molecule has 1 atom stereocenters. The van der Waals surface area contributed by atoms with Gasteiger partial charge in [0.2, 0.25) is 11.8 Å². The van der Waals surface area contributed by atoms with Crippen LogP contribution in [0.4, 0.5) is 22.9 Å². The SMILES string of the molecule is CNc1cc(N2CCc3c(-c4cc(N5CCN(CCc6ccc7c(c6)n(C)c(=O)n7C6CCC(=O)NC6=O)CC5)ccn4)cccc32)nn2c(C(=O)NC3CC3)cnc12. The number of fused-ring (bicyclic) bond motifs is 3. The monoisotopic (exact) mass is 794 g/mol. The third kappa shape index (κ3) is 6.66. The van der Waals surface area contributed by atoms with Gasteiger partial charge in [0.15, 0.2) is 17.2 Å². The first kappa shape index (κ1) is 36.8. The zero-order valence-corrected chi connectivity index (χ0v) is 33.1. The molecule has 2 aromatic carbocycles. The topological polar surface area (TPSA) is 167 Å². The molecule has 4 aliphatic rings. The highest BCUT2D eigenvalue weighted by atomic mass is 16.2. The molecule has 3 fully saturated rings.